The third-order valence-corrected chi connectivity index (χ3v) is 3.25. The van der Waals surface area contributed by atoms with Gasteiger partial charge < -0.3 is 15.5 Å². The van der Waals surface area contributed by atoms with Crippen molar-refractivity contribution in [3.63, 3.8) is 0 Å². The van der Waals surface area contributed by atoms with Gasteiger partial charge in [-0.15, -0.1) is 12.4 Å². The van der Waals surface area contributed by atoms with Crippen LogP contribution in [-0.2, 0) is 9.59 Å². The van der Waals surface area contributed by atoms with E-state index in [1.165, 1.54) is 0 Å². The molecule has 92 valence electrons. The van der Waals surface area contributed by atoms with Crippen molar-refractivity contribution in [3.05, 3.63) is 0 Å². The van der Waals surface area contributed by atoms with E-state index >= 15 is 0 Å². The number of nitrogens with zero attached hydrogens (tertiary/aromatic N) is 1. The van der Waals surface area contributed by atoms with Gasteiger partial charge in [-0.25, -0.2) is 0 Å². The molecule has 0 atom stereocenters. The van der Waals surface area contributed by atoms with Gasteiger partial charge in [0.1, 0.15) is 5.54 Å². The maximum absolute atomic E-state index is 12.0. The molecule has 0 aromatic carbocycles. The fraction of sp³-hybridized carbons (Fsp3) is 0.800. The lowest BCUT2D eigenvalue weighted by Crippen LogP contribution is -2.66. The van der Waals surface area contributed by atoms with Gasteiger partial charge in [0.15, 0.2) is 0 Å². The number of amides is 2. The number of piperazine rings is 1. The molecule has 2 aliphatic rings. The number of halogens is 1. The Morgan fingerprint density at radius 1 is 1.44 bits per heavy atom. The molecule has 16 heavy (non-hydrogen) atoms. The average Bonchev–Trinajstić information content (AvgIpc) is 2.06. The van der Waals surface area contributed by atoms with E-state index in [4.69, 9.17) is 0 Å². The Morgan fingerprint density at radius 3 is 2.56 bits per heavy atom. The predicted octanol–water partition coefficient (Wildman–Crippen LogP) is -0.635. The Balaban J connectivity index is 0.00000128. The highest BCUT2D eigenvalue weighted by molar-refractivity contribution is 5.92. The molecule has 0 saturated carbocycles. The number of hydrogen-bond donors (Lipinski definition) is 2. The van der Waals surface area contributed by atoms with Crippen molar-refractivity contribution in [1.82, 2.24) is 15.5 Å². The van der Waals surface area contributed by atoms with E-state index in [2.05, 4.69) is 10.6 Å². The van der Waals surface area contributed by atoms with Crippen molar-refractivity contribution >= 4 is 24.2 Å². The van der Waals surface area contributed by atoms with Crippen LogP contribution in [-0.4, -0.2) is 48.4 Å². The topological polar surface area (TPSA) is 61.4 Å². The van der Waals surface area contributed by atoms with Crippen LogP contribution in [0.15, 0.2) is 0 Å². The van der Waals surface area contributed by atoms with Crippen molar-refractivity contribution in [1.29, 1.82) is 0 Å². The fourth-order valence-corrected chi connectivity index (χ4v) is 1.97. The molecule has 0 bridgehead atoms. The molecular weight excluding hydrogens is 230 g/mol. The standard InChI is InChI=1S/C10H17N3O2.ClH/c1-10(2)9(15)12-3-4-13(10)8(14)7-5-11-6-7;/h7,11H,3-6H2,1-2H3,(H,12,15);1H. The Labute approximate surface area is 101 Å². The molecule has 0 aromatic rings. The number of nitrogens with one attached hydrogen (secondary N) is 2. The van der Waals surface area contributed by atoms with Gasteiger partial charge in [-0.2, -0.15) is 0 Å². The second kappa shape index (κ2) is 4.59. The summed E-state index contributed by atoms with van der Waals surface area (Å²) in [5.74, 6) is 0.109. The lowest BCUT2D eigenvalue weighted by molar-refractivity contribution is -0.153. The fourth-order valence-electron chi connectivity index (χ4n) is 1.97. The van der Waals surface area contributed by atoms with E-state index in [1.807, 2.05) is 0 Å². The zero-order valence-corrected chi connectivity index (χ0v) is 10.4. The second-order valence-electron chi connectivity index (χ2n) is 4.66. The Bertz CT molecular complexity index is 302. The van der Waals surface area contributed by atoms with Gasteiger partial charge in [-0.3, -0.25) is 9.59 Å². The third-order valence-electron chi connectivity index (χ3n) is 3.25. The first-order chi connectivity index (χ1) is 7.03. The first kappa shape index (κ1) is 13.3. The normalized spacial score (nSPS) is 24.1. The SMILES string of the molecule is CC1(C)C(=O)NCCN1C(=O)C1CNC1.Cl. The molecule has 2 heterocycles. The van der Waals surface area contributed by atoms with Crippen molar-refractivity contribution < 1.29 is 9.59 Å². The van der Waals surface area contributed by atoms with Crippen molar-refractivity contribution in [2.45, 2.75) is 19.4 Å². The highest BCUT2D eigenvalue weighted by atomic mass is 35.5. The van der Waals surface area contributed by atoms with Crippen LogP contribution in [0.25, 0.3) is 0 Å². The number of rotatable bonds is 1. The first-order valence-electron chi connectivity index (χ1n) is 5.34. The molecule has 0 aromatic heterocycles. The molecule has 5 nitrogen and oxygen atoms in total. The molecule has 6 heteroatoms. The van der Waals surface area contributed by atoms with E-state index in [1.54, 1.807) is 18.7 Å². The smallest absolute Gasteiger partial charge is 0.245 e. The third kappa shape index (κ3) is 2.01. The van der Waals surface area contributed by atoms with Gasteiger partial charge in [0.25, 0.3) is 0 Å². The van der Waals surface area contributed by atoms with Gasteiger partial charge in [-0.1, -0.05) is 0 Å². The van der Waals surface area contributed by atoms with E-state index in [0.29, 0.717) is 13.1 Å². The predicted molar refractivity (Wildman–Crippen MR) is 62.4 cm³/mol. The monoisotopic (exact) mass is 247 g/mol. The molecule has 0 aliphatic carbocycles. The molecule has 2 fully saturated rings. The second-order valence-corrected chi connectivity index (χ2v) is 4.66. The summed E-state index contributed by atoms with van der Waals surface area (Å²) in [6.45, 7) is 6.26. The van der Waals surface area contributed by atoms with Crippen molar-refractivity contribution in [2.75, 3.05) is 26.2 Å². The van der Waals surface area contributed by atoms with Gasteiger partial charge >= 0.3 is 0 Å². The number of carbonyl (C=O) groups is 2. The lowest BCUT2D eigenvalue weighted by Gasteiger charge is -2.44. The number of hydrogen-bond acceptors (Lipinski definition) is 3. The van der Waals surface area contributed by atoms with E-state index < -0.39 is 5.54 Å². The zero-order valence-electron chi connectivity index (χ0n) is 9.58. The minimum Gasteiger partial charge on any atom is -0.352 e. The maximum Gasteiger partial charge on any atom is 0.245 e. The van der Waals surface area contributed by atoms with Gasteiger partial charge in [-0.05, 0) is 13.8 Å². The highest BCUT2D eigenvalue weighted by Crippen LogP contribution is 2.21. The minimum absolute atomic E-state index is 0. The first-order valence-corrected chi connectivity index (χ1v) is 5.34. The molecule has 2 aliphatic heterocycles. The average molecular weight is 248 g/mol. The summed E-state index contributed by atoms with van der Waals surface area (Å²) in [7, 11) is 0. The van der Waals surface area contributed by atoms with Gasteiger partial charge in [0, 0.05) is 26.2 Å². The summed E-state index contributed by atoms with van der Waals surface area (Å²) in [5, 5.41) is 5.86. The lowest BCUT2D eigenvalue weighted by atomic mass is 9.94. The molecule has 2 saturated heterocycles. The Hall–Kier alpha value is -0.810. The molecule has 0 radical (unpaired) electrons. The van der Waals surface area contributed by atoms with Crippen LogP contribution >= 0.6 is 12.4 Å². The summed E-state index contributed by atoms with van der Waals surface area (Å²) in [5.41, 5.74) is -0.703. The van der Waals surface area contributed by atoms with E-state index in [0.717, 1.165) is 13.1 Å². The summed E-state index contributed by atoms with van der Waals surface area (Å²) >= 11 is 0. The molecule has 0 spiro atoms. The van der Waals surface area contributed by atoms with Crippen molar-refractivity contribution in [2.24, 2.45) is 5.92 Å². The van der Waals surface area contributed by atoms with Crippen LogP contribution in [0.2, 0.25) is 0 Å². The molecule has 0 unspecified atom stereocenters. The Morgan fingerprint density at radius 2 is 2.06 bits per heavy atom. The van der Waals surface area contributed by atoms with Crippen LogP contribution in [0.1, 0.15) is 13.8 Å². The maximum atomic E-state index is 12.0. The van der Waals surface area contributed by atoms with Crippen LogP contribution in [0.5, 0.6) is 0 Å². The Kier molecular flexibility index (Phi) is 3.80. The largest absolute Gasteiger partial charge is 0.352 e. The summed E-state index contributed by atoms with van der Waals surface area (Å²) < 4.78 is 0. The van der Waals surface area contributed by atoms with E-state index in [9.17, 15) is 9.59 Å². The summed E-state index contributed by atoms with van der Waals surface area (Å²) in [6, 6.07) is 0. The van der Waals surface area contributed by atoms with Crippen LogP contribution < -0.4 is 10.6 Å². The molecule has 2 N–H and O–H groups in total. The van der Waals surface area contributed by atoms with Crippen molar-refractivity contribution in [3.8, 4) is 0 Å². The number of carbonyl (C=O) groups excluding carboxylic acids is 2. The van der Waals surface area contributed by atoms with E-state index in [-0.39, 0.29) is 30.1 Å². The minimum atomic E-state index is -0.703. The highest BCUT2D eigenvalue weighted by Gasteiger charge is 2.43. The molecule has 2 rings (SSSR count). The summed E-state index contributed by atoms with van der Waals surface area (Å²) in [6.07, 6.45) is 0. The van der Waals surface area contributed by atoms with Crippen LogP contribution in [0, 0.1) is 5.92 Å². The summed E-state index contributed by atoms with van der Waals surface area (Å²) in [4.78, 5) is 25.4. The van der Waals surface area contributed by atoms with Gasteiger partial charge in [0.05, 0.1) is 5.92 Å². The van der Waals surface area contributed by atoms with Gasteiger partial charge in [0.2, 0.25) is 11.8 Å². The van der Waals surface area contributed by atoms with Crippen LogP contribution in [0.3, 0.4) is 0 Å². The molecule has 2 amide bonds. The molecular formula is C10H18ClN3O2. The quantitative estimate of drug-likeness (QED) is 0.648. The van der Waals surface area contributed by atoms with Crippen LogP contribution in [0.4, 0.5) is 0 Å². The zero-order chi connectivity index (χ0) is 11.1.